The molecular formula is C23H20F2N4O3. The lowest BCUT2D eigenvalue weighted by Crippen LogP contribution is -2.11. The third-order valence-corrected chi connectivity index (χ3v) is 5.59. The Morgan fingerprint density at radius 3 is 2.72 bits per heavy atom. The summed E-state index contributed by atoms with van der Waals surface area (Å²) < 4.78 is 38.3. The van der Waals surface area contributed by atoms with Gasteiger partial charge in [0.25, 0.3) is 0 Å². The number of rotatable bonds is 8. The fraction of sp³-hybridized carbons (Fsp3) is 0.261. The maximum absolute atomic E-state index is 13.2. The van der Waals surface area contributed by atoms with Crippen molar-refractivity contribution in [3.63, 3.8) is 0 Å². The fourth-order valence-corrected chi connectivity index (χ4v) is 3.83. The van der Waals surface area contributed by atoms with E-state index in [0.717, 1.165) is 29.5 Å². The average molecular weight is 438 g/mol. The second kappa shape index (κ2) is 8.07. The van der Waals surface area contributed by atoms with Gasteiger partial charge in [-0.3, -0.25) is 14.5 Å². The number of aromatic amines is 1. The molecule has 7 nitrogen and oxygen atoms in total. The van der Waals surface area contributed by atoms with Gasteiger partial charge in [-0.2, -0.15) is 13.9 Å². The first-order chi connectivity index (χ1) is 15.5. The van der Waals surface area contributed by atoms with Crippen molar-refractivity contribution in [3.05, 3.63) is 54.6 Å². The van der Waals surface area contributed by atoms with Crippen LogP contribution in [0.2, 0.25) is 0 Å². The smallest absolute Gasteiger partial charge is 0.387 e. The lowest BCUT2D eigenvalue weighted by atomic mass is 10.0. The highest BCUT2D eigenvalue weighted by Gasteiger charge is 2.29. The number of methoxy groups -OCH3 is 1. The molecule has 5 rings (SSSR count). The summed E-state index contributed by atoms with van der Waals surface area (Å²) in [6.45, 7) is -3.07. The van der Waals surface area contributed by atoms with E-state index in [1.165, 1.54) is 13.2 Å². The Morgan fingerprint density at radius 1 is 1.22 bits per heavy atom. The molecule has 0 unspecified atom stereocenters. The standard InChI is InChI=1S/C23H20F2N4O3/c1-31-20-8-16(9-21(32-23(24)25)22(20)19(30)6-13-2-3-13)29-12-26-17-7-14(4-5-18(17)29)15-10-27-28-11-15/h4-5,7-13,23H,2-3,6H2,1H3,(H,27,28). The molecule has 0 spiro atoms. The summed E-state index contributed by atoms with van der Waals surface area (Å²) in [5, 5.41) is 6.74. The van der Waals surface area contributed by atoms with Crippen LogP contribution in [0.3, 0.4) is 0 Å². The first-order valence-corrected chi connectivity index (χ1v) is 10.2. The number of ketones is 1. The van der Waals surface area contributed by atoms with Crippen LogP contribution in [0.25, 0.3) is 27.8 Å². The molecule has 2 aromatic heterocycles. The second-order valence-electron chi connectivity index (χ2n) is 7.78. The molecule has 1 saturated carbocycles. The summed E-state index contributed by atoms with van der Waals surface area (Å²) in [7, 11) is 1.41. The molecule has 32 heavy (non-hydrogen) atoms. The second-order valence-corrected chi connectivity index (χ2v) is 7.78. The van der Waals surface area contributed by atoms with Gasteiger partial charge in [-0.1, -0.05) is 6.07 Å². The molecule has 0 radical (unpaired) electrons. The Bertz CT molecular complexity index is 1280. The van der Waals surface area contributed by atoms with Crippen molar-refractivity contribution in [2.24, 2.45) is 5.92 Å². The van der Waals surface area contributed by atoms with Gasteiger partial charge in [-0.25, -0.2) is 4.98 Å². The Labute approximate surface area is 182 Å². The van der Waals surface area contributed by atoms with Gasteiger partial charge >= 0.3 is 6.61 Å². The first kappa shape index (κ1) is 20.2. The highest BCUT2D eigenvalue weighted by molar-refractivity contribution is 6.02. The van der Waals surface area contributed by atoms with Crippen molar-refractivity contribution in [2.45, 2.75) is 25.9 Å². The van der Waals surface area contributed by atoms with Gasteiger partial charge in [0.2, 0.25) is 0 Å². The van der Waals surface area contributed by atoms with Gasteiger partial charge in [-0.15, -0.1) is 0 Å². The summed E-state index contributed by atoms with van der Waals surface area (Å²) in [5.74, 6) is 0.0395. The number of H-pyrrole nitrogens is 1. The summed E-state index contributed by atoms with van der Waals surface area (Å²) in [6, 6.07) is 8.80. The van der Waals surface area contributed by atoms with E-state index in [1.807, 2.05) is 18.2 Å². The molecule has 0 amide bonds. The third kappa shape index (κ3) is 3.81. The maximum Gasteiger partial charge on any atom is 0.387 e. The molecule has 9 heteroatoms. The van der Waals surface area contributed by atoms with E-state index >= 15 is 0 Å². The van der Waals surface area contributed by atoms with E-state index in [-0.39, 0.29) is 22.8 Å². The van der Waals surface area contributed by atoms with Crippen LogP contribution in [-0.4, -0.2) is 39.3 Å². The predicted octanol–water partition coefficient (Wildman–Crippen LogP) is 5.01. The minimum atomic E-state index is -3.07. The minimum Gasteiger partial charge on any atom is -0.496 e. The summed E-state index contributed by atoms with van der Waals surface area (Å²) in [5.41, 5.74) is 3.90. The maximum atomic E-state index is 13.2. The van der Waals surface area contributed by atoms with Crippen molar-refractivity contribution in [3.8, 4) is 28.3 Å². The SMILES string of the molecule is COc1cc(-n2cnc3cc(-c4cn[nH]c4)ccc32)cc(OC(F)F)c1C(=O)CC1CC1. The number of nitrogens with one attached hydrogen (secondary N) is 1. The van der Waals surface area contributed by atoms with E-state index < -0.39 is 6.61 Å². The zero-order valence-corrected chi connectivity index (χ0v) is 17.2. The molecule has 1 N–H and O–H groups in total. The molecule has 4 aromatic rings. The number of carbonyl (C=O) groups excluding carboxylic acids is 1. The first-order valence-electron chi connectivity index (χ1n) is 10.2. The van der Waals surface area contributed by atoms with E-state index in [9.17, 15) is 13.6 Å². The highest BCUT2D eigenvalue weighted by atomic mass is 19.3. The molecule has 1 aliphatic carbocycles. The van der Waals surface area contributed by atoms with Gasteiger partial charge < -0.3 is 9.47 Å². The van der Waals surface area contributed by atoms with Gasteiger partial charge in [0.1, 0.15) is 23.4 Å². The third-order valence-electron chi connectivity index (χ3n) is 5.59. The number of aromatic nitrogens is 4. The number of alkyl halides is 2. The zero-order chi connectivity index (χ0) is 22.2. The molecule has 2 heterocycles. The normalized spacial score (nSPS) is 13.6. The largest absolute Gasteiger partial charge is 0.496 e. The van der Waals surface area contributed by atoms with E-state index in [1.54, 1.807) is 29.4 Å². The van der Waals surface area contributed by atoms with Crippen LogP contribution in [0.1, 0.15) is 29.6 Å². The molecule has 0 bridgehead atoms. The number of nitrogens with zero attached hydrogens (tertiary/aromatic N) is 3. The van der Waals surface area contributed by atoms with Crippen LogP contribution in [0.4, 0.5) is 8.78 Å². The van der Waals surface area contributed by atoms with Crippen LogP contribution in [0.15, 0.2) is 49.1 Å². The van der Waals surface area contributed by atoms with Crippen LogP contribution < -0.4 is 9.47 Å². The molecular weight excluding hydrogens is 418 g/mol. The minimum absolute atomic E-state index is 0.0510. The van der Waals surface area contributed by atoms with Crippen molar-refractivity contribution in [2.75, 3.05) is 7.11 Å². The lowest BCUT2D eigenvalue weighted by Gasteiger charge is -2.16. The number of hydrogen-bond donors (Lipinski definition) is 1. The molecule has 164 valence electrons. The lowest BCUT2D eigenvalue weighted by molar-refractivity contribution is -0.0502. The number of benzene rings is 2. The number of ether oxygens (including phenoxy) is 2. The summed E-state index contributed by atoms with van der Waals surface area (Å²) in [6.07, 6.45) is 7.33. The number of fused-ring (bicyclic) bond motifs is 1. The number of imidazole rings is 1. The Balaban J connectivity index is 1.59. The van der Waals surface area contributed by atoms with Crippen molar-refractivity contribution >= 4 is 16.8 Å². The fourth-order valence-electron chi connectivity index (χ4n) is 3.83. The molecule has 0 atom stereocenters. The van der Waals surface area contributed by atoms with E-state index in [0.29, 0.717) is 23.5 Å². The van der Waals surface area contributed by atoms with Gasteiger partial charge in [0.15, 0.2) is 5.78 Å². The quantitative estimate of drug-likeness (QED) is 0.391. The summed E-state index contributed by atoms with van der Waals surface area (Å²) in [4.78, 5) is 17.3. The Hall–Kier alpha value is -3.75. The molecule has 0 saturated heterocycles. The van der Waals surface area contributed by atoms with E-state index in [2.05, 4.69) is 15.2 Å². The Kier molecular flexibility index (Phi) is 5.08. The van der Waals surface area contributed by atoms with Crippen LogP contribution in [0.5, 0.6) is 11.5 Å². The van der Waals surface area contributed by atoms with Crippen molar-refractivity contribution in [1.29, 1.82) is 0 Å². The number of hydrogen-bond acceptors (Lipinski definition) is 5. The topological polar surface area (TPSA) is 82.0 Å². The van der Waals surface area contributed by atoms with Crippen molar-refractivity contribution < 1.29 is 23.0 Å². The number of halogens is 2. The van der Waals surface area contributed by atoms with Gasteiger partial charge in [0, 0.05) is 30.3 Å². The van der Waals surface area contributed by atoms with Crippen LogP contribution in [0, 0.1) is 5.92 Å². The molecule has 1 fully saturated rings. The van der Waals surface area contributed by atoms with Gasteiger partial charge in [-0.05, 0) is 36.5 Å². The monoisotopic (exact) mass is 438 g/mol. The molecule has 0 aliphatic heterocycles. The van der Waals surface area contributed by atoms with Crippen LogP contribution >= 0.6 is 0 Å². The zero-order valence-electron chi connectivity index (χ0n) is 17.2. The van der Waals surface area contributed by atoms with E-state index in [4.69, 9.17) is 9.47 Å². The molecule has 1 aliphatic rings. The number of carbonyl (C=O) groups is 1. The predicted molar refractivity (Wildman–Crippen MR) is 114 cm³/mol. The van der Waals surface area contributed by atoms with Gasteiger partial charge in [0.05, 0.1) is 30.0 Å². The van der Waals surface area contributed by atoms with Crippen LogP contribution in [-0.2, 0) is 0 Å². The summed E-state index contributed by atoms with van der Waals surface area (Å²) >= 11 is 0. The Morgan fingerprint density at radius 2 is 2.03 bits per heavy atom. The van der Waals surface area contributed by atoms with Crippen molar-refractivity contribution in [1.82, 2.24) is 19.7 Å². The molecule has 2 aromatic carbocycles. The average Bonchev–Trinajstić information content (AvgIpc) is 3.26. The highest BCUT2D eigenvalue weighted by Crippen LogP contribution is 2.39. The number of Topliss-reactive ketones (excluding diaryl/α,β-unsaturated/α-hetero) is 1.